The van der Waals surface area contributed by atoms with Gasteiger partial charge >= 0.3 is 5.97 Å². The predicted octanol–water partition coefficient (Wildman–Crippen LogP) is 5.56. The maximum Gasteiger partial charge on any atom is 0.312 e. The van der Waals surface area contributed by atoms with Crippen LogP contribution in [0.5, 0.6) is 0 Å². The van der Waals surface area contributed by atoms with Crippen molar-refractivity contribution in [3.63, 3.8) is 0 Å². The molecule has 23 heavy (non-hydrogen) atoms. The van der Waals surface area contributed by atoms with E-state index < -0.39 is 0 Å². The van der Waals surface area contributed by atoms with E-state index in [0.717, 1.165) is 43.9 Å². The summed E-state index contributed by atoms with van der Waals surface area (Å²) in [4.78, 5) is 12.8. The van der Waals surface area contributed by atoms with Gasteiger partial charge in [-0.25, -0.2) is 0 Å². The number of halogens is 1. The minimum Gasteiger partial charge on any atom is -0.462 e. The van der Waals surface area contributed by atoms with Gasteiger partial charge in [0.15, 0.2) is 0 Å². The number of alkyl halides is 1. The standard InChI is InChI=1S/C20H27BrO2/c21-15-17-7-5-6-16(14-17)10-13-20(11-3-4-12-20)19(22)23-18-8-1-2-9-18/h5-7,14,18H,1-4,8-13,15H2. The molecule has 2 nitrogen and oxygen atoms in total. The number of benzene rings is 1. The number of aryl methyl sites for hydroxylation is 1. The molecule has 2 fully saturated rings. The van der Waals surface area contributed by atoms with Gasteiger partial charge in [-0.2, -0.15) is 0 Å². The van der Waals surface area contributed by atoms with Gasteiger partial charge in [-0.1, -0.05) is 53.0 Å². The summed E-state index contributed by atoms with van der Waals surface area (Å²) >= 11 is 3.52. The fourth-order valence-electron chi connectivity index (χ4n) is 4.14. The number of rotatable bonds is 6. The Balaban J connectivity index is 1.64. The summed E-state index contributed by atoms with van der Waals surface area (Å²) in [6.07, 6.45) is 11.0. The molecule has 2 aliphatic carbocycles. The Labute approximate surface area is 148 Å². The monoisotopic (exact) mass is 378 g/mol. The average Bonchev–Trinajstić information content (AvgIpc) is 3.25. The average molecular weight is 379 g/mol. The molecule has 0 saturated heterocycles. The van der Waals surface area contributed by atoms with Crippen LogP contribution in [0.1, 0.15) is 68.9 Å². The molecule has 3 rings (SSSR count). The lowest BCUT2D eigenvalue weighted by molar-refractivity contribution is -0.161. The van der Waals surface area contributed by atoms with E-state index in [0.29, 0.717) is 0 Å². The number of carbonyl (C=O) groups is 1. The minimum absolute atomic E-state index is 0.0959. The maximum atomic E-state index is 12.8. The van der Waals surface area contributed by atoms with Crippen molar-refractivity contribution in [2.75, 3.05) is 0 Å². The molecule has 3 heteroatoms. The Morgan fingerprint density at radius 1 is 1.13 bits per heavy atom. The van der Waals surface area contributed by atoms with Crippen LogP contribution < -0.4 is 0 Å². The second-order valence-corrected chi connectivity index (χ2v) is 7.81. The molecular formula is C20H27BrO2. The van der Waals surface area contributed by atoms with Gasteiger partial charge in [-0.15, -0.1) is 0 Å². The van der Waals surface area contributed by atoms with Gasteiger partial charge in [-0.05, 0) is 62.5 Å². The third kappa shape index (κ3) is 4.17. The smallest absolute Gasteiger partial charge is 0.312 e. The highest BCUT2D eigenvalue weighted by Gasteiger charge is 2.43. The molecule has 0 bridgehead atoms. The van der Waals surface area contributed by atoms with Crippen LogP contribution in [0.25, 0.3) is 0 Å². The highest BCUT2D eigenvalue weighted by Crippen LogP contribution is 2.44. The van der Waals surface area contributed by atoms with E-state index in [1.807, 2.05) is 0 Å². The molecule has 0 heterocycles. The molecule has 0 radical (unpaired) electrons. The highest BCUT2D eigenvalue weighted by atomic mass is 79.9. The predicted molar refractivity (Wildman–Crippen MR) is 96.6 cm³/mol. The highest BCUT2D eigenvalue weighted by molar-refractivity contribution is 9.08. The zero-order valence-corrected chi connectivity index (χ0v) is 15.4. The largest absolute Gasteiger partial charge is 0.462 e. The molecule has 126 valence electrons. The number of hydrogen-bond acceptors (Lipinski definition) is 2. The Morgan fingerprint density at radius 3 is 2.52 bits per heavy atom. The lowest BCUT2D eigenvalue weighted by Gasteiger charge is -2.28. The van der Waals surface area contributed by atoms with Crippen molar-refractivity contribution >= 4 is 21.9 Å². The normalized spacial score (nSPS) is 20.7. The third-order valence-electron chi connectivity index (χ3n) is 5.61. The van der Waals surface area contributed by atoms with Crippen LogP contribution in [0, 0.1) is 5.41 Å². The van der Waals surface area contributed by atoms with Gasteiger partial charge in [0.05, 0.1) is 5.41 Å². The van der Waals surface area contributed by atoms with E-state index in [4.69, 9.17) is 4.74 Å². The van der Waals surface area contributed by atoms with Crippen LogP contribution in [-0.4, -0.2) is 12.1 Å². The molecule has 0 aliphatic heterocycles. The summed E-state index contributed by atoms with van der Waals surface area (Å²) < 4.78 is 5.89. The lowest BCUT2D eigenvalue weighted by atomic mass is 9.80. The zero-order valence-electron chi connectivity index (χ0n) is 13.9. The van der Waals surface area contributed by atoms with E-state index in [-0.39, 0.29) is 17.5 Å². The first-order valence-electron chi connectivity index (χ1n) is 9.07. The van der Waals surface area contributed by atoms with Crippen LogP contribution in [-0.2, 0) is 21.3 Å². The number of ether oxygens (including phenoxy) is 1. The molecule has 0 N–H and O–H groups in total. The maximum absolute atomic E-state index is 12.8. The minimum atomic E-state index is -0.215. The Hall–Kier alpha value is -0.830. The van der Waals surface area contributed by atoms with Gasteiger partial charge in [0.2, 0.25) is 0 Å². The van der Waals surface area contributed by atoms with Gasteiger partial charge in [0.25, 0.3) is 0 Å². The number of carbonyl (C=O) groups excluding carboxylic acids is 1. The molecule has 1 aromatic rings. The topological polar surface area (TPSA) is 26.3 Å². The fraction of sp³-hybridized carbons (Fsp3) is 0.650. The molecule has 0 spiro atoms. The molecule has 2 aliphatic rings. The summed E-state index contributed by atoms with van der Waals surface area (Å²) in [6, 6.07) is 8.68. The van der Waals surface area contributed by atoms with E-state index >= 15 is 0 Å². The molecule has 0 atom stereocenters. The quantitative estimate of drug-likeness (QED) is 0.478. The zero-order chi connectivity index (χ0) is 16.1. The molecule has 2 saturated carbocycles. The second kappa shape index (κ2) is 7.83. The van der Waals surface area contributed by atoms with Gasteiger partial charge in [-0.3, -0.25) is 4.79 Å². The van der Waals surface area contributed by atoms with Crippen molar-refractivity contribution in [3.8, 4) is 0 Å². The van der Waals surface area contributed by atoms with Crippen molar-refractivity contribution in [3.05, 3.63) is 35.4 Å². The Kier molecular flexibility index (Phi) is 5.79. The van der Waals surface area contributed by atoms with E-state index in [1.54, 1.807) is 0 Å². The van der Waals surface area contributed by atoms with Crippen LogP contribution >= 0.6 is 15.9 Å². The fourth-order valence-corrected chi connectivity index (χ4v) is 4.49. The molecule has 0 unspecified atom stereocenters. The molecular weight excluding hydrogens is 352 g/mol. The number of esters is 1. The molecule has 1 aromatic carbocycles. The van der Waals surface area contributed by atoms with Crippen LogP contribution in [0.3, 0.4) is 0 Å². The Morgan fingerprint density at radius 2 is 1.83 bits per heavy atom. The van der Waals surface area contributed by atoms with Crippen molar-refractivity contribution in [2.45, 2.75) is 75.6 Å². The first-order valence-corrected chi connectivity index (χ1v) is 10.2. The van der Waals surface area contributed by atoms with E-state index in [1.165, 1.54) is 36.8 Å². The summed E-state index contributed by atoms with van der Waals surface area (Å²) in [5, 5.41) is 0.885. The van der Waals surface area contributed by atoms with Crippen molar-refractivity contribution in [1.29, 1.82) is 0 Å². The van der Waals surface area contributed by atoms with E-state index in [2.05, 4.69) is 40.2 Å². The van der Waals surface area contributed by atoms with Gasteiger partial charge in [0, 0.05) is 5.33 Å². The first kappa shape index (κ1) is 17.0. The van der Waals surface area contributed by atoms with Crippen LogP contribution in [0.4, 0.5) is 0 Å². The van der Waals surface area contributed by atoms with Crippen LogP contribution in [0.2, 0.25) is 0 Å². The molecule has 0 amide bonds. The van der Waals surface area contributed by atoms with Crippen molar-refractivity contribution in [2.24, 2.45) is 5.41 Å². The first-order chi connectivity index (χ1) is 11.2. The molecule has 0 aromatic heterocycles. The van der Waals surface area contributed by atoms with E-state index in [9.17, 15) is 4.79 Å². The lowest BCUT2D eigenvalue weighted by Crippen LogP contribution is -2.33. The summed E-state index contributed by atoms with van der Waals surface area (Å²) in [5.74, 6) is 0.0959. The summed E-state index contributed by atoms with van der Waals surface area (Å²) in [7, 11) is 0. The SMILES string of the molecule is O=C(OC1CCCC1)C1(CCc2cccc(CBr)c2)CCCC1. The number of hydrogen-bond donors (Lipinski definition) is 0. The second-order valence-electron chi connectivity index (χ2n) is 7.25. The van der Waals surface area contributed by atoms with Crippen molar-refractivity contribution < 1.29 is 9.53 Å². The van der Waals surface area contributed by atoms with Crippen LogP contribution in [0.15, 0.2) is 24.3 Å². The third-order valence-corrected chi connectivity index (χ3v) is 6.25. The summed E-state index contributed by atoms with van der Waals surface area (Å²) in [6.45, 7) is 0. The summed E-state index contributed by atoms with van der Waals surface area (Å²) in [5.41, 5.74) is 2.42. The van der Waals surface area contributed by atoms with Crippen molar-refractivity contribution in [1.82, 2.24) is 0 Å². The van der Waals surface area contributed by atoms with Gasteiger partial charge in [0.1, 0.15) is 6.10 Å². The Bertz CT molecular complexity index is 528. The van der Waals surface area contributed by atoms with Gasteiger partial charge < -0.3 is 4.74 Å².